The van der Waals surface area contributed by atoms with Crippen molar-refractivity contribution in [3.05, 3.63) is 64.4 Å². The SMILES string of the molecule is CC(Nc1cc(C(=O)O)ccc1F)c1ccccc1Cl. The van der Waals surface area contributed by atoms with Crippen LogP contribution >= 0.6 is 11.6 Å². The lowest BCUT2D eigenvalue weighted by molar-refractivity contribution is 0.0697. The molecule has 2 aromatic carbocycles. The first-order valence-corrected chi connectivity index (χ1v) is 6.40. The smallest absolute Gasteiger partial charge is 0.335 e. The predicted molar refractivity (Wildman–Crippen MR) is 76.8 cm³/mol. The van der Waals surface area contributed by atoms with Crippen molar-refractivity contribution < 1.29 is 14.3 Å². The summed E-state index contributed by atoms with van der Waals surface area (Å²) in [5.41, 5.74) is 0.979. The van der Waals surface area contributed by atoms with Crippen molar-refractivity contribution in [2.24, 2.45) is 0 Å². The van der Waals surface area contributed by atoms with Crippen LogP contribution in [0.2, 0.25) is 5.02 Å². The van der Waals surface area contributed by atoms with Gasteiger partial charge in [-0.05, 0) is 36.8 Å². The van der Waals surface area contributed by atoms with E-state index in [9.17, 15) is 9.18 Å². The minimum absolute atomic E-state index is 0.0280. The number of carbonyl (C=O) groups is 1. The summed E-state index contributed by atoms with van der Waals surface area (Å²) in [5.74, 6) is -1.60. The maximum absolute atomic E-state index is 13.7. The molecule has 0 bridgehead atoms. The van der Waals surface area contributed by atoms with E-state index in [4.69, 9.17) is 16.7 Å². The highest BCUT2D eigenvalue weighted by Gasteiger charge is 2.13. The number of carboxylic acids is 1. The van der Waals surface area contributed by atoms with Crippen LogP contribution in [-0.4, -0.2) is 11.1 Å². The Bertz CT molecular complexity index is 646. The topological polar surface area (TPSA) is 49.3 Å². The van der Waals surface area contributed by atoms with Gasteiger partial charge in [-0.1, -0.05) is 29.8 Å². The van der Waals surface area contributed by atoms with E-state index >= 15 is 0 Å². The lowest BCUT2D eigenvalue weighted by Gasteiger charge is -2.17. The van der Waals surface area contributed by atoms with Crippen LogP contribution in [0.25, 0.3) is 0 Å². The molecule has 104 valence electrons. The van der Waals surface area contributed by atoms with Crippen LogP contribution in [0.3, 0.4) is 0 Å². The molecule has 0 amide bonds. The molecule has 0 saturated carbocycles. The fourth-order valence-electron chi connectivity index (χ4n) is 1.91. The number of aromatic carboxylic acids is 1. The molecule has 0 radical (unpaired) electrons. The number of hydrogen-bond donors (Lipinski definition) is 2. The average molecular weight is 294 g/mol. The maximum atomic E-state index is 13.7. The van der Waals surface area contributed by atoms with Crippen molar-refractivity contribution >= 4 is 23.3 Å². The number of anilines is 1. The standard InChI is InChI=1S/C15H13ClFNO2/c1-9(11-4-2-3-5-12(11)16)18-14-8-10(15(19)20)6-7-13(14)17/h2-9,18H,1H3,(H,19,20). The molecule has 0 aromatic heterocycles. The zero-order valence-electron chi connectivity index (χ0n) is 10.7. The maximum Gasteiger partial charge on any atom is 0.335 e. The summed E-state index contributed by atoms with van der Waals surface area (Å²) < 4.78 is 13.7. The molecule has 0 heterocycles. The molecule has 1 unspecified atom stereocenters. The van der Waals surface area contributed by atoms with Crippen LogP contribution in [-0.2, 0) is 0 Å². The number of hydrogen-bond acceptors (Lipinski definition) is 2. The first-order chi connectivity index (χ1) is 9.49. The van der Waals surface area contributed by atoms with E-state index in [-0.39, 0.29) is 17.3 Å². The van der Waals surface area contributed by atoms with Crippen molar-refractivity contribution in [3.8, 4) is 0 Å². The summed E-state index contributed by atoms with van der Waals surface area (Å²) in [6.07, 6.45) is 0. The molecular weight excluding hydrogens is 281 g/mol. The van der Waals surface area contributed by atoms with Gasteiger partial charge in [-0.25, -0.2) is 9.18 Å². The summed E-state index contributed by atoms with van der Waals surface area (Å²) >= 11 is 6.08. The highest BCUT2D eigenvalue weighted by atomic mass is 35.5. The van der Waals surface area contributed by atoms with Crippen LogP contribution in [0.1, 0.15) is 28.9 Å². The Balaban J connectivity index is 2.28. The second-order valence-electron chi connectivity index (χ2n) is 4.39. The second kappa shape index (κ2) is 5.92. The van der Waals surface area contributed by atoms with Gasteiger partial charge in [-0.3, -0.25) is 0 Å². The molecule has 2 N–H and O–H groups in total. The number of rotatable bonds is 4. The molecule has 20 heavy (non-hydrogen) atoms. The van der Waals surface area contributed by atoms with Gasteiger partial charge < -0.3 is 10.4 Å². The number of halogens is 2. The summed E-state index contributed by atoms with van der Waals surface area (Å²) in [6, 6.07) is 10.6. The van der Waals surface area contributed by atoms with E-state index in [1.807, 2.05) is 25.1 Å². The van der Waals surface area contributed by atoms with Crippen LogP contribution in [0.4, 0.5) is 10.1 Å². The summed E-state index contributed by atoms with van der Waals surface area (Å²) in [4.78, 5) is 10.9. The molecule has 5 heteroatoms. The van der Waals surface area contributed by atoms with E-state index in [0.29, 0.717) is 5.02 Å². The Labute approximate surface area is 121 Å². The van der Waals surface area contributed by atoms with Crippen LogP contribution < -0.4 is 5.32 Å². The molecule has 3 nitrogen and oxygen atoms in total. The molecule has 2 rings (SSSR count). The third kappa shape index (κ3) is 3.08. The number of nitrogens with one attached hydrogen (secondary N) is 1. The molecule has 0 spiro atoms. The van der Waals surface area contributed by atoms with Crippen molar-refractivity contribution in [2.45, 2.75) is 13.0 Å². The lowest BCUT2D eigenvalue weighted by Crippen LogP contribution is -2.09. The molecule has 0 aliphatic carbocycles. The number of carboxylic acid groups (broad SMARTS) is 1. The first-order valence-electron chi connectivity index (χ1n) is 6.03. The Morgan fingerprint density at radius 1 is 1.30 bits per heavy atom. The zero-order chi connectivity index (χ0) is 14.7. The van der Waals surface area contributed by atoms with Crippen molar-refractivity contribution in [1.29, 1.82) is 0 Å². The van der Waals surface area contributed by atoms with Gasteiger partial charge in [-0.15, -0.1) is 0 Å². The summed E-state index contributed by atoms with van der Waals surface area (Å²) in [5, 5.41) is 12.4. The van der Waals surface area contributed by atoms with E-state index in [1.54, 1.807) is 6.07 Å². The number of benzene rings is 2. The average Bonchev–Trinajstić information content (AvgIpc) is 2.41. The van der Waals surface area contributed by atoms with E-state index < -0.39 is 11.8 Å². The monoisotopic (exact) mass is 293 g/mol. The van der Waals surface area contributed by atoms with Gasteiger partial charge in [0.05, 0.1) is 17.3 Å². The van der Waals surface area contributed by atoms with Gasteiger partial charge in [0.1, 0.15) is 5.82 Å². The Hall–Kier alpha value is -2.07. The third-order valence-corrected chi connectivity index (χ3v) is 3.30. The quantitative estimate of drug-likeness (QED) is 0.881. The van der Waals surface area contributed by atoms with Gasteiger partial charge in [0, 0.05) is 5.02 Å². The summed E-state index contributed by atoms with van der Waals surface area (Å²) in [6.45, 7) is 1.83. The fourth-order valence-corrected chi connectivity index (χ4v) is 2.21. The van der Waals surface area contributed by atoms with Crippen molar-refractivity contribution in [2.75, 3.05) is 5.32 Å². The van der Waals surface area contributed by atoms with Crippen molar-refractivity contribution in [3.63, 3.8) is 0 Å². The van der Waals surface area contributed by atoms with Gasteiger partial charge in [-0.2, -0.15) is 0 Å². The fraction of sp³-hybridized carbons (Fsp3) is 0.133. The normalized spacial score (nSPS) is 11.9. The van der Waals surface area contributed by atoms with Crippen molar-refractivity contribution in [1.82, 2.24) is 0 Å². The van der Waals surface area contributed by atoms with Gasteiger partial charge in [0.2, 0.25) is 0 Å². The van der Waals surface area contributed by atoms with Crippen LogP contribution in [0.5, 0.6) is 0 Å². The third-order valence-electron chi connectivity index (χ3n) is 2.96. The molecule has 0 aliphatic heterocycles. The molecular formula is C15H13ClFNO2. The molecule has 2 aromatic rings. The molecule has 0 aliphatic rings. The predicted octanol–water partition coefficient (Wildman–Crippen LogP) is 4.35. The Kier molecular flexibility index (Phi) is 4.25. The van der Waals surface area contributed by atoms with Crippen LogP contribution in [0, 0.1) is 5.82 Å². The molecule has 0 saturated heterocycles. The Morgan fingerprint density at radius 2 is 2.00 bits per heavy atom. The molecule has 1 atom stereocenters. The van der Waals surface area contributed by atoms with Crippen LogP contribution in [0.15, 0.2) is 42.5 Å². The van der Waals surface area contributed by atoms with E-state index in [2.05, 4.69) is 5.32 Å². The van der Waals surface area contributed by atoms with Gasteiger partial charge >= 0.3 is 5.97 Å². The van der Waals surface area contributed by atoms with Gasteiger partial charge in [0.15, 0.2) is 0 Å². The molecule has 0 fully saturated rings. The lowest BCUT2D eigenvalue weighted by atomic mass is 10.1. The van der Waals surface area contributed by atoms with Gasteiger partial charge in [0.25, 0.3) is 0 Å². The Morgan fingerprint density at radius 3 is 2.65 bits per heavy atom. The zero-order valence-corrected chi connectivity index (χ0v) is 11.5. The minimum Gasteiger partial charge on any atom is -0.478 e. The highest BCUT2D eigenvalue weighted by Crippen LogP contribution is 2.27. The highest BCUT2D eigenvalue weighted by molar-refractivity contribution is 6.31. The second-order valence-corrected chi connectivity index (χ2v) is 4.79. The van der Waals surface area contributed by atoms with E-state index in [0.717, 1.165) is 11.6 Å². The first kappa shape index (κ1) is 14.3. The van der Waals surface area contributed by atoms with E-state index in [1.165, 1.54) is 12.1 Å². The largest absolute Gasteiger partial charge is 0.478 e. The summed E-state index contributed by atoms with van der Waals surface area (Å²) in [7, 11) is 0. The minimum atomic E-state index is -1.10.